The molecule has 0 bridgehead atoms. The lowest BCUT2D eigenvalue weighted by molar-refractivity contribution is -0.115. The van der Waals surface area contributed by atoms with E-state index in [-0.39, 0.29) is 12.3 Å². The van der Waals surface area contributed by atoms with Gasteiger partial charge in [-0.1, -0.05) is 11.6 Å². The van der Waals surface area contributed by atoms with Gasteiger partial charge in [0.2, 0.25) is 11.9 Å². The summed E-state index contributed by atoms with van der Waals surface area (Å²) in [6, 6.07) is 8.69. The molecule has 0 aliphatic heterocycles. The minimum atomic E-state index is -0.139. The van der Waals surface area contributed by atoms with Gasteiger partial charge < -0.3 is 10.6 Å². The fourth-order valence-corrected chi connectivity index (χ4v) is 2.64. The number of aromatic nitrogens is 3. The third kappa shape index (κ3) is 4.48. The van der Waals surface area contributed by atoms with Crippen molar-refractivity contribution in [3.63, 3.8) is 0 Å². The van der Waals surface area contributed by atoms with E-state index < -0.39 is 0 Å². The van der Waals surface area contributed by atoms with Crippen LogP contribution in [0.25, 0.3) is 0 Å². The van der Waals surface area contributed by atoms with Crippen LogP contribution < -0.4 is 10.6 Å². The number of carbonyl (C=O) groups is 1. The highest BCUT2D eigenvalue weighted by atomic mass is 35.5. The Labute approximate surface area is 141 Å². The van der Waals surface area contributed by atoms with Crippen molar-refractivity contribution in [3.05, 3.63) is 58.8 Å². The zero-order valence-corrected chi connectivity index (χ0v) is 13.4. The van der Waals surface area contributed by atoms with Gasteiger partial charge in [0.05, 0.1) is 12.1 Å². The maximum absolute atomic E-state index is 12.0. The Morgan fingerprint density at radius 2 is 1.91 bits per heavy atom. The number of nitrogens with one attached hydrogen (secondary N) is 2. The number of hydrogen-bond acceptors (Lipinski definition) is 6. The maximum atomic E-state index is 12.0. The summed E-state index contributed by atoms with van der Waals surface area (Å²) < 4.78 is 0. The molecule has 0 saturated carbocycles. The molecule has 116 valence electrons. The number of benzene rings is 1. The van der Waals surface area contributed by atoms with Crippen LogP contribution in [0.1, 0.15) is 5.69 Å². The smallest absolute Gasteiger partial charge is 0.230 e. The summed E-state index contributed by atoms with van der Waals surface area (Å²) in [5, 5.41) is 8.89. The number of halogens is 1. The molecule has 0 spiro atoms. The molecule has 0 aliphatic carbocycles. The zero-order valence-electron chi connectivity index (χ0n) is 11.9. The molecule has 0 atom stereocenters. The highest BCUT2D eigenvalue weighted by Gasteiger charge is 2.09. The lowest BCUT2D eigenvalue weighted by atomic mass is 10.3. The Hall–Kier alpha value is -2.51. The van der Waals surface area contributed by atoms with E-state index in [1.165, 1.54) is 11.3 Å². The third-order valence-corrected chi connectivity index (χ3v) is 3.86. The van der Waals surface area contributed by atoms with Crippen LogP contribution in [0, 0.1) is 0 Å². The van der Waals surface area contributed by atoms with Crippen LogP contribution in [0.4, 0.5) is 16.8 Å². The Balaban J connectivity index is 1.58. The number of rotatable bonds is 5. The first-order chi connectivity index (χ1) is 11.2. The Morgan fingerprint density at radius 3 is 2.65 bits per heavy atom. The number of anilines is 3. The van der Waals surface area contributed by atoms with Crippen LogP contribution >= 0.6 is 22.9 Å². The molecule has 0 fully saturated rings. The van der Waals surface area contributed by atoms with Gasteiger partial charge in [-0.25, -0.2) is 15.0 Å². The molecule has 1 aromatic carbocycles. The van der Waals surface area contributed by atoms with Gasteiger partial charge in [-0.3, -0.25) is 4.79 Å². The SMILES string of the molecule is O=C(Cc1csc(Nc2ncccn2)n1)Nc1ccc(Cl)cc1. The molecule has 23 heavy (non-hydrogen) atoms. The zero-order chi connectivity index (χ0) is 16.1. The lowest BCUT2D eigenvalue weighted by Crippen LogP contribution is -2.14. The van der Waals surface area contributed by atoms with E-state index >= 15 is 0 Å². The van der Waals surface area contributed by atoms with Crippen LogP contribution in [0.5, 0.6) is 0 Å². The van der Waals surface area contributed by atoms with Gasteiger partial charge >= 0.3 is 0 Å². The van der Waals surface area contributed by atoms with Crippen molar-refractivity contribution in [1.82, 2.24) is 15.0 Å². The molecule has 1 amide bonds. The Morgan fingerprint density at radius 1 is 1.17 bits per heavy atom. The van der Waals surface area contributed by atoms with Crippen LogP contribution in [-0.2, 0) is 11.2 Å². The van der Waals surface area contributed by atoms with Gasteiger partial charge in [0, 0.05) is 28.5 Å². The van der Waals surface area contributed by atoms with Gasteiger partial charge in [-0.05, 0) is 30.3 Å². The summed E-state index contributed by atoms with van der Waals surface area (Å²) in [6.45, 7) is 0. The van der Waals surface area contributed by atoms with Crippen molar-refractivity contribution in [2.75, 3.05) is 10.6 Å². The second kappa shape index (κ2) is 7.17. The first kappa shape index (κ1) is 15.4. The topological polar surface area (TPSA) is 79.8 Å². The van der Waals surface area contributed by atoms with Gasteiger partial charge in [0.25, 0.3) is 0 Å². The molecule has 6 nitrogen and oxygen atoms in total. The summed E-state index contributed by atoms with van der Waals surface area (Å²) in [4.78, 5) is 24.5. The minimum absolute atomic E-state index is 0.139. The monoisotopic (exact) mass is 345 g/mol. The molecule has 2 N–H and O–H groups in total. The molecule has 2 aromatic heterocycles. The van der Waals surface area contributed by atoms with E-state index in [9.17, 15) is 4.79 Å². The standard InChI is InChI=1S/C15H12ClN5OS/c16-10-2-4-11(5-3-10)19-13(22)8-12-9-23-15(20-12)21-14-17-6-1-7-18-14/h1-7,9H,8H2,(H,19,22)(H,17,18,20,21). The largest absolute Gasteiger partial charge is 0.326 e. The summed E-state index contributed by atoms with van der Waals surface area (Å²) in [5.41, 5.74) is 1.38. The number of carbonyl (C=O) groups excluding carboxylic acids is 1. The van der Waals surface area contributed by atoms with Crippen molar-refractivity contribution < 1.29 is 4.79 Å². The average Bonchev–Trinajstić information content (AvgIpc) is 2.97. The van der Waals surface area contributed by atoms with Crippen LogP contribution in [0.2, 0.25) is 5.02 Å². The third-order valence-electron chi connectivity index (χ3n) is 2.81. The quantitative estimate of drug-likeness (QED) is 0.739. The number of thiazole rings is 1. The Bertz CT molecular complexity index is 791. The summed E-state index contributed by atoms with van der Waals surface area (Å²) in [6.07, 6.45) is 3.48. The normalized spacial score (nSPS) is 10.3. The van der Waals surface area contributed by atoms with Crippen molar-refractivity contribution >= 4 is 45.6 Å². The average molecular weight is 346 g/mol. The number of hydrogen-bond donors (Lipinski definition) is 2. The van der Waals surface area contributed by atoms with Crippen molar-refractivity contribution in [2.24, 2.45) is 0 Å². The van der Waals surface area contributed by atoms with E-state index in [1.54, 1.807) is 42.7 Å². The van der Waals surface area contributed by atoms with Gasteiger partial charge in [-0.2, -0.15) is 0 Å². The summed E-state index contributed by atoms with van der Waals surface area (Å²) in [5.74, 6) is 0.333. The fourth-order valence-electron chi connectivity index (χ4n) is 1.81. The van der Waals surface area contributed by atoms with Crippen LogP contribution in [0.3, 0.4) is 0 Å². The van der Waals surface area contributed by atoms with E-state index in [0.29, 0.717) is 27.5 Å². The molecule has 0 saturated heterocycles. The predicted octanol–water partition coefficient (Wildman–Crippen LogP) is 3.51. The highest BCUT2D eigenvalue weighted by molar-refractivity contribution is 7.13. The fraction of sp³-hybridized carbons (Fsp3) is 0.0667. The predicted molar refractivity (Wildman–Crippen MR) is 91.2 cm³/mol. The van der Waals surface area contributed by atoms with Gasteiger partial charge in [0.15, 0.2) is 5.13 Å². The molecular formula is C15H12ClN5OS. The molecule has 0 radical (unpaired) electrons. The second-order valence-corrected chi connectivity index (χ2v) is 5.87. The van der Waals surface area contributed by atoms with Gasteiger partial charge in [-0.15, -0.1) is 11.3 Å². The molecule has 0 aliphatic rings. The van der Waals surface area contributed by atoms with Crippen molar-refractivity contribution in [3.8, 4) is 0 Å². The van der Waals surface area contributed by atoms with Crippen molar-refractivity contribution in [1.29, 1.82) is 0 Å². The van der Waals surface area contributed by atoms with Gasteiger partial charge in [0.1, 0.15) is 0 Å². The first-order valence-electron chi connectivity index (χ1n) is 6.73. The highest BCUT2D eigenvalue weighted by Crippen LogP contribution is 2.19. The van der Waals surface area contributed by atoms with Crippen LogP contribution in [0.15, 0.2) is 48.1 Å². The molecule has 0 unspecified atom stereocenters. The second-order valence-electron chi connectivity index (χ2n) is 4.57. The Kier molecular flexibility index (Phi) is 4.80. The maximum Gasteiger partial charge on any atom is 0.230 e. The first-order valence-corrected chi connectivity index (χ1v) is 7.99. The van der Waals surface area contributed by atoms with E-state index in [2.05, 4.69) is 25.6 Å². The lowest BCUT2D eigenvalue weighted by Gasteiger charge is -2.03. The summed E-state index contributed by atoms with van der Waals surface area (Å²) in [7, 11) is 0. The molecule has 3 aromatic rings. The molecule has 8 heteroatoms. The summed E-state index contributed by atoms with van der Waals surface area (Å²) >= 11 is 7.20. The molecular weight excluding hydrogens is 334 g/mol. The van der Waals surface area contributed by atoms with E-state index in [1.807, 2.05) is 5.38 Å². The van der Waals surface area contributed by atoms with Crippen LogP contribution in [-0.4, -0.2) is 20.9 Å². The van der Waals surface area contributed by atoms with E-state index in [0.717, 1.165) is 0 Å². The molecule has 3 rings (SSSR count). The van der Waals surface area contributed by atoms with E-state index in [4.69, 9.17) is 11.6 Å². The molecule has 2 heterocycles. The van der Waals surface area contributed by atoms with Crippen molar-refractivity contribution in [2.45, 2.75) is 6.42 Å². The minimum Gasteiger partial charge on any atom is -0.326 e. The number of nitrogens with zero attached hydrogens (tertiary/aromatic N) is 3. The number of amides is 1.